The van der Waals surface area contributed by atoms with Crippen LogP contribution in [-0.2, 0) is 17.1 Å². The number of hydrogen-bond acceptors (Lipinski definition) is 1. The van der Waals surface area contributed by atoms with E-state index in [4.69, 9.17) is 0 Å². The number of nitrogens with zero attached hydrogens (tertiary/aromatic N) is 1. The van der Waals surface area contributed by atoms with Crippen LogP contribution >= 0.6 is 0 Å². The van der Waals surface area contributed by atoms with Gasteiger partial charge in [-0.3, -0.25) is 0 Å². The van der Waals surface area contributed by atoms with E-state index in [1.165, 1.54) is 67.6 Å². The summed E-state index contributed by atoms with van der Waals surface area (Å²) in [5.41, 5.74) is 0. The maximum atomic E-state index is 2.56. The van der Waals surface area contributed by atoms with Crippen LogP contribution in [0, 0.1) is 67.1 Å². The zero-order valence-electron chi connectivity index (χ0n) is 19.4. The second-order valence-corrected chi connectivity index (χ2v) is 8.82. The van der Waals surface area contributed by atoms with Crippen molar-refractivity contribution in [3.63, 3.8) is 0 Å². The molecule has 2 heteroatoms. The second kappa shape index (κ2) is 12.4. The SMILES string of the molecule is C[C@H](C1CCCCC1)N(C)[C@@H](C)[C]1[CH][CH][CH][CH]1.C[C]1[C](C)[C](C)[C](C)[C]1C.[Fe+2]. The minimum atomic E-state index is 0. The first-order chi connectivity index (χ1) is 12.8. The van der Waals surface area contributed by atoms with Gasteiger partial charge in [-0.25, -0.2) is 0 Å². The van der Waals surface area contributed by atoms with Gasteiger partial charge in [0.25, 0.3) is 0 Å². The molecular formula is C26H41FeN+2. The summed E-state index contributed by atoms with van der Waals surface area (Å²) >= 11 is 0. The van der Waals surface area contributed by atoms with Gasteiger partial charge in [0.1, 0.15) is 0 Å². The minimum Gasteiger partial charge on any atom is -0.300 e. The largest absolute Gasteiger partial charge is 2.00 e. The van der Waals surface area contributed by atoms with Gasteiger partial charge in [0, 0.05) is 18.0 Å². The molecule has 0 N–H and O–H groups in total. The molecule has 0 saturated heterocycles. The van der Waals surface area contributed by atoms with Gasteiger partial charge >= 0.3 is 17.1 Å². The zero-order chi connectivity index (χ0) is 20.1. The normalized spacial score (nSPS) is 26.9. The third kappa shape index (κ3) is 6.49. The Bertz CT molecular complexity index is 368. The predicted octanol–water partition coefficient (Wildman–Crippen LogP) is 6.65. The van der Waals surface area contributed by atoms with Gasteiger partial charge in [0.05, 0.1) is 0 Å². The molecular weight excluding hydrogens is 382 g/mol. The molecule has 0 aromatic heterocycles. The van der Waals surface area contributed by atoms with E-state index < -0.39 is 0 Å². The fourth-order valence-corrected chi connectivity index (χ4v) is 4.61. The molecule has 10 radical (unpaired) electrons. The van der Waals surface area contributed by atoms with Gasteiger partial charge < -0.3 is 4.90 Å². The average molecular weight is 423 g/mol. The van der Waals surface area contributed by atoms with Gasteiger partial charge in [-0.2, -0.15) is 0 Å². The van der Waals surface area contributed by atoms with E-state index in [0.717, 1.165) is 5.92 Å². The van der Waals surface area contributed by atoms with Crippen molar-refractivity contribution in [2.45, 2.75) is 92.7 Å². The Morgan fingerprint density at radius 1 is 0.750 bits per heavy atom. The molecule has 3 fully saturated rings. The summed E-state index contributed by atoms with van der Waals surface area (Å²) in [6.45, 7) is 15.7. The van der Waals surface area contributed by atoms with E-state index in [2.05, 4.69) is 86.1 Å². The van der Waals surface area contributed by atoms with Crippen molar-refractivity contribution in [1.82, 2.24) is 4.90 Å². The molecule has 0 spiro atoms. The monoisotopic (exact) mass is 423 g/mol. The fourth-order valence-electron chi connectivity index (χ4n) is 4.61. The Hall–Kier alpha value is 0.479. The van der Waals surface area contributed by atoms with E-state index in [-0.39, 0.29) is 17.1 Å². The molecule has 0 unspecified atom stereocenters. The predicted molar refractivity (Wildman–Crippen MR) is 118 cm³/mol. The van der Waals surface area contributed by atoms with Crippen LogP contribution in [0.25, 0.3) is 0 Å². The van der Waals surface area contributed by atoms with Crippen molar-refractivity contribution in [2.24, 2.45) is 5.92 Å². The summed E-state index contributed by atoms with van der Waals surface area (Å²) in [5.74, 6) is 9.70. The first-order valence-electron chi connectivity index (χ1n) is 10.9. The van der Waals surface area contributed by atoms with Crippen molar-refractivity contribution in [1.29, 1.82) is 0 Å². The number of rotatable bonds is 4. The molecule has 3 aliphatic carbocycles. The van der Waals surface area contributed by atoms with Crippen molar-refractivity contribution < 1.29 is 17.1 Å². The Labute approximate surface area is 188 Å². The Kier molecular flexibility index (Phi) is 11.7. The van der Waals surface area contributed by atoms with Gasteiger partial charge in [-0.1, -0.05) is 53.9 Å². The Balaban J connectivity index is 0.000000307. The first kappa shape index (κ1) is 26.5. The fraction of sp³-hybridized carbons (Fsp3) is 0.615. The second-order valence-electron chi connectivity index (χ2n) is 8.82. The van der Waals surface area contributed by atoms with Crippen LogP contribution in [-0.4, -0.2) is 24.0 Å². The Morgan fingerprint density at radius 2 is 1.14 bits per heavy atom. The van der Waals surface area contributed by atoms with Gasteiger partial charge in [-0.05, 0) is 94.9 Å². The molecule has 0 amide bonds. The zero-order valence-corrected chi connectivity index (χ0v) is 20.5. The van der Waals surface area contributed by atoms with Crippen LogP contribution in [0.1, 0.15) is 80.6 Å². The van der Waals surface area contributed by atoms with Crippen LogP contribution in [0.4, 0.5) is 0 Å². The minimum absolute atomic E-state index is 0. The van der Waals surface area contributed by atoms with Crippen LogP contribution in [0.2, 0.25) is 0 Å². The third-order valence-electron chi connectivity index (χ3n) is 7.57. The maximum absolute atomic E-state index is 2.56. The summed E-state index contributed by atoms with van der Waals surface area (Å²) in [5, 5.41) is 0. The molecule has 0 aromatic carbocycles. The quantitative estimate of drug-likeness (QED) is 0.458. The molecule has 0 heterocycles. The van der Waals surface area contributed by atoms with Gasteiger partial charge in [0.2, 0.25) is 0 Å². The van der Waals surface area contributed by atoms with E-state index in [1.807, 2.05) is 0 Å². The molecule has 0 aromatic rings. The molecule has 156 valence electrons. The standard InChI is InChI=1S/C16H26N.C10H15.Fe/c1-13(15-9-5-4-6-10-15)17(3)14(2)16-11-7-8-12-16;1-6-7(2)9(4)10(5)8(6)3;/h7-8,11-15H,4-6,9-10H2,1-3H3;1-5H3;/q;;+2/t13-,14+;;/m1../s1. The molecule has 2 atom stereocenters. The third-order valence-corrected chi connectivity index (χ3v) is 7.57. The maximum Gasteiger partial charge on any atom is 2.00 e. The Morgan fingerprint density at radius 3 is 1.54 bits per heavy atom. The summed E-state index contributed by atoms with van der Waals surface area (Å²) in [4.78, 5) is 2.56. The number of hydrogen-bond donors (Lipinski definition) is 0. The molecule has 3 rings (SSSR count). The topological polar surface area (TPSA) is 3.24 Å². The van der Waals surface area contributed by atoms with Crippen molar-refractivity contribution in [3.05, 3.63) is 61.2 Å². The van der Waals surface area contributed by atoms with E-state index in [0.29, 0.717) is 12.1 Å². The van der Waals surface area contributed by atoms with Crippen LogP contribution in [0.15, 0.2) is 0 Å². The van der Waals surface area contributed by atoms with Crippen molar-refractivity contribution in [3.8, 4) is 0 Å². The van der Waals surface area contributed by atoms with Crippen LogP contribution in [0.5, 0.6) is 0 Å². The first-order valence-corrected chi connectivity index (χ1v) is 10.9. The molecule has 0 aliphatic heterocycles. The van der Waals surface area contributed by atoms with E-state index in [1.54, 1.807) is 0 Å². The smallest absolute Gasteiger partial charge is 0.300 e. The van der Waals surface area contributed by atoms with Crippen molar-refractivity contribution in [2.75, 3.05) is 7.05 Å². The van der Waals surface area contributed by atoms with E-state index >= 15 is 0 Å². The summed E-state index contributed by atoms with van der Waals surface area (Å²) in [7, 11) is 2.29. The summed E-state index contributed by atoms with van der Waals surface area (Å²) in [6, 6.07) is 1.25. The van der Waals surface area contributed by atoms with Gasteiger partial charge in [-0.15, -0.1) is 0 Å². The van der Waals surface area contributed by atoms with Gasteiger partial charge in [0.15, 0.2) is 0 Å². The molecule has 3 aliphatic rings. The molecule has 3 saturated carbocycles. The average Bonchev–Trinajstić information content (AvgIpc) is 3.29. The summed E-state index contributed by atoms with van der Waals surface area (Å²) < 4.78 is 0. The van der Waals surface area contributed by atoms with Crippen LogP contribution in [0.3, 0.4) is 0 Å². The van der Waals surface area contributed by atoms with Crippen LogP contribution < -0.4 is 0 Å². The summed E-state index contributed by atoms with van der Waals surface area (Å²) in [6.07, 6.45) is 16.0. The molecule has 28 heavy (non-hydrogen) atoms. The van der Waals surface area contributed by atoms with E-state index in [9.17, 15) is 0 Å². The van der Waals surface area contributed by atoms with Crippen molar-refractivity contribution >= 4 is 0 Å². The molecule has 0 bridgehead atoms. The molecule has 1 nitrogen and oxygen atoms in total.